The minimum absolute atomic E-state index is 0.00512. The Bertz CT molecular complexity index is 1090. The molecule has 31 heavy (non-hydrogen) atoms. The van der Waals surface area contributed by atoms with Crippen LogP contribution in [0.15, 0.2) is 60.4 Å². The molecule has 1 aliphatic carbocycles. The number of carbonyl (C=O) groups excluding carboxylic acids is 1. The van der Waals surface area contributed by atoms with Crippen molar-refractivity contribution in [3.05, 3.63) is 76.0 Å². The summed E-state index contributed by atoms with van der Waals surface area (Å²) in [5.74, 6) is 0.495. The molecule has 0 spiro atoms. The van der Waals surface area contributed by atoms with Gasteiger partial charge >= 0.3 is 6.09 Å². The van der Waals surface area contributed by atoms with Gasteiger partial charge in [0.15, 0.2) is 0 Å². The van der Waals surface area contributed by atoms with Gasteiger partial charge in [-0.15, -0.1) is 0 Å². The largest absolute Gasteiger partial charge is 0.465 e. The molecule has 1 aliphatic heterocycles. The van der Waals surface area contributed by atoms with E-state index in [9.17, 15) is 14.9 Å². The second-order valence-electron chi connectivity index (χ2n) is 9.43. The molecule has 0 aromatic heterocycles. The number of rotatable bonds is 3. The van der Waals surface area contributed by atoms with Crippen molar-refractivity contribution in [1.82, 2.24) is 0 Å². The highest BCUT2D eigenvalue weighted by atomic mass is 16.6. The Kier molecular flexibility index (Phi) is 4.61. The number of nitro benzene ring substituents is 1. The van der Waals surface area contributed by atoms with Crippen LogP contribution >= 0.6 is 0 Å². The van der Waals surface area contributed by atoms with E-state index in [-0.39, 0.29) is 11.1 Å². The van der Waals surface area contributed by atoms with Gasteiger partial charge in [0.25, 0.3) is 5.69 Å². The molecule has 1 heterocycles. The number of hydrogen-bond acceptors (Lipinski definition) is 5. The van der Waals surface area contributed by atoms with Gasteiger partial charge in [-0.25, -0.2) is 4.79 Å². The van der Waals surface area contributed by atoms with Crippen LogP contribution in [0.3, 0.4) is 0 Å². The molecule has 0 radical (unpaired) electrons. The van der Waals surface area contributed by atoms with Crippen molar-refractivity contribution in [2.45, 2.75) is 57.6 Å². The first kappa shape index (κ1) is 20.9. The van der Waals surface area contributed by atoms with Crippen molar-refractivity contribution in [3.8, 4) is 5.75 Å². The molecule has 1 amide bonds. The van der Waals surface area contributed by atoms with Crippen molar-refractivity contribution < 1.29 is 19.2 Å². The number of hydrogen-bond donors (Lipinski definition) is 0. The number of amides is 1. The van der Waals surface area contributed by atoms with Crippen molar-refractivity contribution >= 4 is 17.5 Å². The van der Waals surface area contributed by atoms with Gasteiger partial charge < -0.3 is 9.47 Å². The van der Waals surface area contributed by atoms with Crippen LogP contribution in [0.1, 0.15) is 46.6 Å². The Morgan fingerprint density at radius 2 is 1.77 bits per heavy atom. The number of carbonyl (C=O) groups is 1. The van der Waals surface area contributed by atoms with Crippen LogP contribution in [0.5, 0.6) is 5.75 Å². The molecular weight excluding hydrogens is 396 g/mol. The Morgan fingerprint density at radius 1 is 1.13 bits per heavy atom. The van der Waals surface area contributed by atoms with Gasteiger partial charge in [0.1, 0.15) is 11.4 Å². The SMILES string of the molecule is CC(C)(C)OC(=O)N1c2ccccc2[C@@]2(C)C/C(=C/Oc3ccc([N+](=O)[O-])cc3)[C@@]12C. The zero-order valence-corrected chi connectivity index (χ0v) is 18.3. The van der Waals surface area contributed by atoms with Crippen molar-refractivity contribution in [3.63, 3.8) is 0 Å². The standard InChI is InChI=1S/C24H26N2O5/c1-22(2,3)31-21(27)25-20-9-7-6-8-19(20)23(4)14-16(24(23,25)5)15-30-18-12-10-17(11-13-18)26(28)29/h6-13,15H,14H2,1-5H3/b16-15-/t23-,24-/m1/s1. The zero-order valence-electron chi connectivity index (χ0n) is 18.3. The summed E-state index contributed by atoms with van der Waals surface area (Å²) in [7, 11) is 0. The lowest BCUT2D eigenvalue weighted by Gasteiger charge is -2.56. The van der Waals surface area contributed by atoms with Gasteiger partial charge in [-0.2, -0.15) is 0 Å². The average Bonchev–Trinajstić information content (AvgIpc) is 2.84. The van der Waals surface area contributed by atoms with Crippen LogP contribution in [-0.2, 0) is 10.2 Å². The molecule has 0 N–H and O–H groups in total. The molecule has 4 rings (SSSR count). The van der Waals surface area contributed by atoms with E-state index in [2.05, 4.69) is 13.0 Å². The minimum Gasteiger partial charge on any atom is -0.465 e. The quantitative estimate of drug-likeness (QED) is 0.358. The van der Waals surface area contributed by atoms with Crippen LogP contribution in [0.2, 0.25) is 0 Å². The smallest absolute Gasteiger partial charge is 0.415 e. The fourth-order valence-electron chi connectivity index (χ4n) is 4.63. The third-order valence-electron chi connectivity index (χ3n) is 6.39. The van der Waals surface area contributed by atoms with Gasteiger partial charge in [-0.1, -0.05) is 25.1 Å². The lowest BCUT2D eigenvalue weighted by Crippen LogP contribution is -2.66. The van der Waals surface area contributed by atoms with E-state index in [0.29, 0.717) is 5.75 Å². The van der Waals surface area contributed by atoms with Crippen molar-refractivity contribution in [2.24, 2.45) is 0 Å². The first-order chi connectivity index (χ1) is 14.5. The Hall–Kier alpha value is -3.35. The number of benzene rings is 2. The molecule has 1 fully saturated rings. The van der Waals surface area contributed by atoms with Crippen LogP contribution in [-0.4, -0.2) is 22.2 Å². The summed E-state index contributed by atoms with van der Waals surface area (Å²) in [6.07, 6.45) is 1.99. The summed E-state index contributed by atoms with van der Waals surface area (Å²) >= 11 is 0. The Labute approximate surface area is 181 Å². The maximum atomic E-state index is 13.3. The van der Waals surface area contributed by atoms with Crippen LogP contribution in [0, 0.1) is 10.1 Å². The van der Waals surface area contributed by atoms with Crippen molar-refractivity contribution in [1.29, 1.82) is 0 Å². The highest BCUT2D eigenvalue weighted by Crippen LogP contribution is 2.65. The second kappa shape index (κ2) is 6.83. The third-order valence-corrected chi connectivity index (χ3v) is 6.39. The number of nitro groups is 1. The molecule has 2 atom stereocenters. The van der Waals surface area contributed by atoms with E-state index in [1.165, 1.54) is 12.1 Å². The molecule has 2 aromatic carbocycles. The van der Waals surface area contributed by atoms with Gasteiger partial charge in [0.2, 0.25) is 0 Å². The minimum atomic E-state index is -0.639. The predicted octanol–water partition coefficient (Wildman–Crippen LogP) is 5.73. The number of anilines is 1. The number of fused-ring (bicyclic) bond motifs is 3. The van der Waals surface area contributed by atoms with Crippen LogP contribution in [0.25, 0.3) is 0 Å². The van der Waals surface area contributed by atoms with Gasteiger partial charge in [-0.3, -0.25) is 15.0 Å². The van der Waals surface area contributed by atoms with E-state index >= 15 is 0 Å². The lowest BCUT2D eigenvalue weighted by molar-refractivity contribution is -0.384. The molecule has 2 aliphatic rings. The lowest BCUT2D eigenvalue weighted by atomic mass is 9.52. The van der Waals surface area contributed by atoms with Crippen molar-refractivity contribution in [2.75, 3.05) is 4.90 Å². The average molecular weight is 422 g/mol. The van der Waals surface area contributed by atoms with E-state index < -0.39 is 22.2 Å². The number of nitrogens with zero attached hydrogens (tertiary/aromatic N) is 2. The fourth-order valence-corrected chi connectivity index (χ4v) is 4.63. The third kappa shape index (κ3) is 3.15. The van der Waals surface area contributed by atoms with E-state index in [1.54, 1.807) is 23.3 Å². The summed E-state index contributed by atoms with van der Waals surface area (Å²) in [6, 6.07) is 13.8. The highest BCUT2D eigenvalue weighted by molar-refractivity contribution is 5.96. The van der Waals surface area contributed by atoms with Gasteiger partial charge in [-0.05, 0) is 63.5 Å². The molecule has 7 nitrogen and oxygen atoms in total. The van der Waals surface area contributed by atoms with E-state index in [0.717, 1.165) is 23.2 Å². The predicted molar refractivity (Wildman–Crippen MR) is 117 cm³/mol. The molecule has 162 valence electrons. The van der Waals surface area contributed by atoms with Crippen LogP contribution in [0.4, 0.5) is 16.2 Å². The molecule has 7 heteroatoms. The highest BCUT2D eigenvalue weighted by Gasteiger charge is 2.68. The summed E-state index contributed by atoms with van der Waals surface area (Å²) in [4.78, 5) is 25.4. The monoisotopic (exact) mass is 422 g/mol. The number of non-ortho nitro benzene ring substituents is 1. The molecule has 0 bridgehead atoms. The summed E-state index contributed by atoms with van der Waals surface area (Å²) in [6.45, 7) is 9.74. The molecule has 0 unspecified atom stereocenters. The second-order valence-corrected chi connectivity index (χ2v) is 9.43. The van der Waals surface area contributed by atoms with Gasteiger partial charge in [0, 0.05) is 17.5 Å². The topological polar surface area (TPSA) is 81.9 Å². The van der Waals surface area contributed by atoms with E-state index in [4.69, 9.17) is 9.47 Å². The number of ether oxygens (including phenoxy) is 2. The van der Waals surface area contributed by atoms with E-state index in [1.807, 2.05) is 45.9 Å². The summed E-state index contributed by atoms with van der Waals surface area (Å²) < 4.78 is 11.6. The Morgan fingerprint density at radius 3 is 2.39 bits per heavy atom. The maximum Gasteiger partial charge on any atom is 0.415 e. The first-order valence-electron chi connectivity index (χ1n) is 10.2. The fraction of sp³-hybridized carbons (Fsp3) is 0.375. The summed E-state index contributed by atoms with van der Waals surface area (Å²) in [5, 5.41) is 10.8. The zero-order chi connectivity index (χ0) is 22.6. The van der Waals surface area contributed by atoms with Crippen LogP contribution < -0.4 is 9.64 Å². The first-order valence-corrected chi connectivity index (χ1v) is 10.2. The molecule has 2 aromatic rings. The summed E-state index contributed by atoms with van der Waals surface area (Å²) in [5.41, 5.74) is 1.38. The Balaban J connectivity index is 1.68. The molecule has 0 saturated heterocycles. The molecular formula is C24H26N2O5. The number of para-hydroxylation sites is 1. The molecule has 1 saturated carbocycles. The van der Waals surface area contributed by atoms with Gasteiger partial charge in [0.05, 0.1) is 22.4 Å². The maximum absolute atomic E-state index is 13.3. The normalized spacial score (nSPS) is 25.5.